The first-order chi connectivity index (χ1) is 10.6. The zero-order chi connectivity index (χ0) is 15.7. The van der Waals surface area contributed by atoms with Crippen molar-refractivity contribution in [3.63, 3.8) is 0 Å². The number of aryl methyl sites for hydroxylation is 1. The second kappa shape index (κ2) is 5.91. The highest BCUT2D eigenvalue weighted by molar-refractivity contribution is 5.97. The highest BCUT2D eigenvalue weighted by Crippen LogP contribution is 2.16. The van der Waals surface area contributed by atoms with E-state index in [1.165, 1.54) is 0 Å². The molecule has 3 rings (SSSR count). The van der Waals surface area contributed by atoms with Gasteiger partial charge in [0.25, 0.3) is 11.5 Å². The number of nitrogens with one attached hydrogen (secondary N) is 1. The molecule has 5 nitrogen and oxygen atoms in total. The zero-order valence-electron chi connectivity index (χ0n) is 13.1. The maximum absolute atomic E-state index is 12.5. The van der Waals surface area contributed by atoms with Crippen LogP contribution in [-0.2, 0) is 13.0 Å². The van der Waals surface area contributed by atoms with E-state index in [2.05, 4.69) is 10.3 Å². The lowest BCUT2D eigenvalue weighted by atomic mass is 10.1. The van der Waals surface area contributed by atoms with Crippen LogP contribution in [0, 0.1) is 0 Å². The molecule has 1 aromatic heterocycles. The lowest BCUT2D eigenvalue weighted by Crippen LogP contribution is -2.32. The standard InChI is InChI=1S/C17H21N3O2/c1-3-11(2)18-16(21)12-7-8-13-14(10-12)19-15-6-4-5-9-20(15)17(13)22/h7-8,10-11H,3-6,9H2,1-2H3,(H,18,21). The monoisotopic (exact) mass is 299 g/mol. The summed E-state index contributed by atoms with van der Waals surface area (Å²) in [6.07, 6.45) is 3.79. The van der Waals surface area contributed by atoms with Crippen molar-refractivity contribution >= 4 is 16.8 Å². The number of fused-ring (bicyclic) bond motifs is 2. The lowest BCUT2D eigenvalue weighted by molar-refractivity contribution is 0.0939. The highest BCUT2D eigenvalue weighted by atomic mass is 16.1. The van der Waals surface area contributed by atoms with Crippen molar-refractivity contribution in [2.45, 2.75) is 52.1 Å². The summed E-state index contributed by atoms with van der Waals surface area (Å²) in [5.41, 5.74) is 1.18. The minimum atomic E-state index is -0.115. The lowest BCUT2D eigenvalue weighted by Gasteiger charge is -2.18. The summed E-state index contributed by atoms with van der Waals surface area (Å²) in [4.78, 5) is 29.3. The number of hydrogen-bond acceptors (Lipinski definition) is 3. The number of rotatable bonds is 3. The molecule has 0 bridgehead atoms. The molecule has 1 aromatic carbocycles. The zero-order valence-corrected chi connectivity index (χ0v) is 13.1. The van der Waals surface area contributed by atoms with Gasteiger partial charge in [0.1, 0.15) is 5.82 Å². The molecule has 5 heteroatoms. The van der Waals surface area contributed by atoms with Crippen LogP contribution in [0.5, 0.6) is 0 Å². The van der Waals surface area contributed by atoms with E-state index in [1.54, 1.807) is 22.8 Å². The first kappa shape index (κ1) is 14.8. The Labute approximate surface area is 129 Å². The number of nitrogens with zero attached hydrogens (tertiary/aromatic N) is 2. The predicted molar refractivity (Wildman–Crippen MR) is 86.2 cm³/mol. The molecule has 22 heavy (non-hydrogen) atoms. The molecule has 0 radical (unpaired) electrons. The number of amides is 1. The highest BCUT2D eigenvalue weighted by Gasteiger charge is 2.16. The Balaban J connectivity index is 2.03. The third kappa shape index (κ3) is 2.63. The van der Waals surface area contributed by atoms with Gasteiger partial charge in [0.05, 0.1) is 10.9 Å². The normalized spacial score (nSPS) is 15.4. The molecule has 2 aromatic rings. The minimum Gasteiger partial charge on any atom is -0.350 e. The van der Waals surface area contributed by atoms with Crippen molar-refractivity contribution in [3.05, 3.63) is 39.9 Å². The Morgan fingerprint density at radius 3 is 3.00 bits per heavy atom. The molecule has 0 aliphatic carbocycles. The predicted octanol–water partition coefficient (Wildman–Crippen LogP) is 2.26. The molecule has 0 saturated heterocycles. The summed E-state index contributed by atoms with van der Waals surface area (Å²) in [5, 5.41) is 3.53. The second-order valence-corrected chi connectivity index (χ2v) is 5.96. The minimum absolute atomic E-state index is 0.00795. The second-order valence-electron chi connectivity index (χ2n) is 5.96. The van der Waals surface area contributed by atoms with Gasteiger partial charge in [0, 0.05) is 24.6 Å². The van der Waals surface area contributed by atoms with Crippen LogP contribution >= 0.6 is 0 Å². The van der Waals surface area contributed by atoms with Crippen LogP contribution in [0.2, 0.25) is 0 Å². The summed E-state index contributed by atoms with van der Waals surface area (Å²) in [6, 6.07) is 5.28. The molecule has 1 aliphatic heterocycles. The Morgan fingerprint density at radius 2 is 2.23 bits per heavy atom. The fraction of sp³-hybridized carbons (Fsp3) is 0.471. The number of carbonyl (C=O) groups excluding carboxylic acids is 1. The molecule has 1 atom stereocenters. The number of carbonyl (C=O) groups is 1. The largest absolute Gasteiger partial charge is 0.350 e. The van der Waals surface area contributed by atoms with Crippen molar-refractivity contribution in [2.75, 3.05) is 0 Å². The van der Waals surface area contributed by atoms with Crippen molar-refractivity contribution in [1.82, 2.24) is 14.9 Å². The van der Waals surface area contributed by atoms with Gasteiger partial charge in [-0.15, -0.1) is 0 Å². The van der Waals surface area contributed by atoms with Gasteiger partial charge >= 0.3 is 0 Å². The quantitative estimate of drug-likeness (QED) is 0.945. The molecule has 2 heterocycles. The topological polar surface area (TPSA) is 64.0 Å². The molecular formula is C17H21N3O2. The average molecular weight is 299 g/mol. The van der Waals surface area contributed by atoms with E-state index in [1.807, 2.05) is 13.8 Å². The smallest absolute Gasteiger partial charge is 0.261 e. The fourth-order valence-corrected chi connectivity index (χ4v) is 2.79. The molecule has 1 amide bonds. The van der Waals surface area contributed by atoms with Crippen LogP contribution in [0.1, 0.15) is 49.3 Å². The summed E-state index contributed by atoms with van der Waals surface area (Å²) in [7, 11) is 0. The van der Waals surface area contributed by atoms with E-state index < -0.39 is 0 Å². The maximum Gasteiger partial charge on any atom is 0.261 e. The van der Waals surface area contributed by atoms with Crippen LogP contribution < -0.4 is 10.9 Å². The molecular weight excluding hydrogens is 278 g/mol. The van der Waals surface area contributed by atoms with Gasteiger partial charge in [0.2, 0.25) is 0 Å². The number of hydrogen-bond donors (Lipinski definition) is 1. The average Bonchev–Trinajstić information content (AvgIpc) is 2.54. The van der Waals surface area contributed by atoms with Crippen LogP contribution in [0.4, 0.5) is 0 Å². The van der Waals surface area contributed by atoms with Crippen LogP contribution in [0.15, 0.2) is 23.0 Å². The molecule has 1 unspecified atom stereocenters. The van der Waals surface area contributed by atoms with E-state index in [4.69, 9.17) is 0 Å². The Hall–Kier alpha value is -2.17. The first-order valence-electron chi connectivity index (χ1n) is 7.94. The van der Waals surface area contributed by atoms with Crippen LogP contribution in [0.3, 0.4) is 0 Å². The van der Waals surface area contributed by atoms with Gasteiger partial charge in [-0.25, -0.2) is 4.98 Å². The van der Waals surface area contributed by atoms with E-state index in [0.29, 0.717) is 16.5 Å². The third-order valence-electron chi connectivity index (χ3n) is 4.32. The SMILES string of the molecule is CCC(C)NC(=O)c1ccc2c(=O)n3c(nc2c1)CCCC3. The van der Waals surface area contributed by atoms with E-state index in [-0.39, 0.29) is 17.5 Å². The van der Waals surface area contributed by atoms with Gasteiger partial charge < -0.3 is 5.32 Å². The Kier molecular flexibility index (Phi) is 3.96. The van der Waals surface area contributed by atoms with E-state index >= 15 is 0 Å². The van der Waals surface area contributed by atoms with E-state index in [0.717, 1.165) is 38.1 Å². The molecule has 0 fully saturated rings. The van der Waals surface area contributed by atoms with Gasteiger partial charge in [-0.1, -0.05) is 6.92 Å². The van der Waals surface area contributed by atoms with Gasteiger partial charge in [0.15, 0.2) is 0 Å². The Bertz CT molecular complexity index is 779. The van der Waals surface area contributed by atoms with Gasteiger partial charge in [-0.3, -0.25) is 14.2 Å². The number of benzene rings is 1. The summed E-state index contributed by atoms with van der Waals surface area (Å²) < 4.78 is 1.77. The third-order valence-corrected chi connectivity index (χ3v) is 4.32. The summed E-state index contributed by atoms with van der Waals surface area (Å²) in [6.45, 7) is 4.74. The van der Waals surface area contributed by atoms with Crippen LogP contribution in [0.25, 0.3) is 10.9 Å². The first-order valence-corrected chi connectivity index (χ1v) is 7.94. The van der Waals surface area contributed by atoms with Gasteiger partial charge in [-0.05, 0) is 44.4 Å². The molecule has 0 saturated carbocycles. The molecule has 1 N–H and O–H groups in total. The van der Waals surface area contributed by atoms with Crippen molar-refractivity contribution in [1.29, 1.82) is 0 Å². The molecule has 116 valence electrons. The van der Waals surface area contributed by atoms with Crippen molar-refractivity contribution < 1.29 is 4.79 Å². The van der Waals surface area contributed by atoms with Crippen LogP contribution in [-0.4, -0.2) is 21.5 Å². The summed E-state index contributed by atoms with van der Waals surface area (Å²) >= 11 is 0. The van der Waals surface area contributed by atoms with Gasteiger partial charge in [-0.2, -0.15) is 0 Å². The Morgan fingerprint density at radius 1 is 1.41 bits per heavy atom. The summed E-state index contributed by atoms with van der Waals surface area (Å²) in [5.74, 6) is 0.721. The number of aromatic nitrogens is 2. The van der Waals surface area contributed by atoms with E-state index in [9.17, 15) is 9.59 Å². The molecule has 1 aliphatic rings. The molecule has 0 spiro atoms. The van der Waals surface area contributed by atoms with Crippen molar-refractivity contribution in [3.8, 4) is 0 Å². The maximum atomic E-state index is 12.5. The fourth-order valence-electron chi connectivity index (χ4n) is 2.79. The van der Waals surface area contributed by atoms with Crippen molar-refractivity contribution in [2.24, 2.45) is 0 Å².